The van der Waals surface area contributed by atoms with E-state index in [2.05, 4.69) is 94.9 Å². The molecular weight excluding hydrogens is 574 g/mol. The molecule has 8 rings (SSSR count). The van der Waals surface area contributed by atoms with Gasteiger partial charge in [-0.3, -0.25) is 0 Å². The van der Waals surface area contributed by atoms with E-state index in [4.69, 9.17) is 15.0 Å². The Morgan fingerprint density at radius 2 is 0.894 bits per heavy atom. The second-order valence-corrected chi connectivity index (χ2v) is 11.5. The van der Waals surface area contributed by atoms with Gasteiger partial charge in [-0.2, -0.15) is 0 Å². The summed E-state index contributed by atoms with van der Waals surface area (Å²) in [6.45, 7) is 1.98. The quantitative estimate of drug-likeness (QED) is 0.189. The molecule has 0 N–H and O–H groups in total. The Bertz CT molecular complexity index is 2310. The number of nitrogens with zero attached hydrogens (tertiary/aromatic N) is 5. The van der Waals surface area contributed by atoms with Gasteiger partial charge >= 0.3 is 0 Å². The molecule has 2 aromatic heterocycles. The molecule has 0 saturated heterocycles. The van der Waals surface area contributed by atoms with Gasteiger partial charge in [-0.05, 0) is 70.3 Å². The number of hydrogen-bond acceptors (Lipinski definition) is 5. The standard InChI is InChI=1S/C42H29N5/c1-28-22-23-43-39(44-28)33-19-10-18-32(24-33)34-25-35(38-21-11-17-29-12-8-9-20-37(29)38)27-36(26-34)42-46-40(30-13-4-2-5-14-30)45-41(47-42)31-15-6-3-7-16-31/h2-27H,1H3. The molecule has 0 unspecified atom stereocenters. The van der Waals surface area contributed by atoms with Crippen molar-refractivity contribution in [2.75, 3.05) is 0 Å². The molecule has 0 spiro atoms. The van der Waals surface area contributed by atoms with Crippen LogP contribution >= 0.6 is 0 Å². The Balaban J connectivity index is 1.36. The lowest BCUT2D eigenvalue weighted by molar-refractivity contribution is 1.07. The Kier molecular flexibility index (Phi) is 7.32. The predicted octanol–water partition coefficient (Wildman–Crippen LogP) is 10.1. The first-order chi connectivity index (χ1) is 23.2. The summed E-state index contributed by atoms with van der Waals surface area (Å²) in [6.07, 6.45) is 1.80. The Morgan fingerprint density at radius 3 is 1.62 bits per heavy atom. The largest absolute Gasteiger partial charge is 0.237 e. The summed E-state index contributed by atoms with van der Waals surface area (Å²) >= 11 is 0. The number of hydrogen-bond donors (Lipinski definition) is 0. The van der Waals surface area contributed by atoms with Crippen molar-refractivity contribution in [1.82, 2.24) is 24.9 Å². The van der Waals surface area contributed by atoms with E-state index in [1.54, 1.807) is 6.20 Å². The van der Waals surface area contributed by atoms with Crippen LogP contribution in [0.4, 0.5) is 0 Å². The van der Waals surface area contributed by atoms with Crippen LogP contribution in [0.5, 0.6) is 0 Å². The van der Waals surface area contributed by atoms with Crippen molar-refractivity contribution < 1.29 is 0 Å². The molecule has 0 amide bonds. The zero-order valence-corrected chi connectivity index (χ0v) is 25.7. The van der Waals surface area contributed by atoms with Crippen LogP contribution in [0, 0.1) is 6.92 Å². The van der Waals surface area contributed by atoms with E-state index in [-0.39, 0.29) is 0 Å². The number of benzene rings is 6. The van der Waals surface area contributed by atoms with Crippen LogP contribution in [0.15, 0.2) is 158 Å². The number of aryl methyl sites for hydroxylation is 1. The molecule has 5 heteroatoms. The van der Waals surface area contributed by atoms with Gasteiger partial charge in [0.25, 0.3) is 0 Å². The van der Waals surface area contributed by atoms with Crippen LogP contribution in [0.2, 0.25) is 0 Å². The van der Waals surface area contributed by atoms with Crippen LogP contribution in [0.25, 0.3) is 78.6 Å². The molecule has 0 aliphatic heterocycles. The molecule has 5 nitrogen and oxygen atoms in total. The summed E-state index contributed by atoms with van der Waals surface area (Å²) < 4.78 is 0. The van der Waals surface area contributed by atoms with E-state index in [1.807, 2.05) is 73.7 Å². The Hall–Kier alpha value is -6.33. The predicted molar refractivity (Wildman–Crippen MR) is 190 cm³/mol. The normalized spacial score (nSPS) is 11.1. The number of rotatable bonds is 6. The van der Waals surface area contributed by atoms with Crippen molar-refractivity contribution >= 4 is 10.8 Å². The highest BCUT2D eigenvalue weighted by molar-refractivity contribution is 5.98. The summed E-state index contributed by atoms with van der Waals surface area (Å²) in [7, 11) is 0. The lowest BCUT2D eigenvalue weighted by Gasteiger charge is -2.14. The van der Waals surface area contributed by atoms with E-state index in [1.165, 1.54) is 10.8 Å². The molecule has 0 bridgehead atoms. The third-order valence-corrected chi connectivity index (χ3v) is 8.24. The maximum absolute atomic E-state index is 5.06. The highest BCUT2D eigenvalue weighted by Gasteiger charge is 2.16. The SMILES string of the molecule is Cc1ccnc(-c2cccc(-c3cc(-c4nc(-c5ccccc5)nc(-c5ccccc5)n4)cc(-c4cccc5ccccc45)c3)c2)n1. The highest BCUT2D eigenvalue weighted by Crippen LogP contribution is 2.36. The monoisotopic (exact) mass is 603 g/mol. The van der Waals surface area contributed by atoms with Gasteiger partial charge in [0.05, 0.1) is 0 Å². The molecule has 0 aliphatic carbocycles. The fraction of sp³-hybridized carbons (Fsp3) is 0.0238. The molecule has 0 atom stereocenters. The van der Waals surface area contributed by atoms with Crippen LogP contribution in [-0.4, -0.2) is 24.9 Å². The first-order valence-corrected chi connectivity index (χ1v) is 15.6. The first kappa shape index (κ1) is 28.2. The second kappa shape index (κ2) is 12.2. The summed E-state index contributed by atoms with van der Waals surface area (Å²) in [4.78, 5) is 24.3. The van der Waals surface area contributed by atoms with Crippen molar-refractivity contribution in [2.45, 2.75) is 6.92 Å². The second-order valence-electron chi connectivity index (χ2n) is 11.5. The summed E-state index contributed by atoms with van der Waals surface area (Å²) in [5, 5.41) is 2.37. The van der Waals surface area contributed by atoms with Crippen molar-refractivity contribution in [3.63, 3.8) is 0 Å². The number of fused-ring (bicyclic) bond motifs is 1. The van der Waals surface area contributed by atoms with Gasteiger partial charge in [0.2, 0.25) is 0 Å². The van der Waals surface area contributed by atoms with Gasteiger partial charge in [0.15, 0.2) is 23.3 Å². The summed E-state index contributed by atoms with van der Waals surface area (Å²) in [5.41, 5.74) is 8.98. The molecule has 0 radical (unpaired) electrons. The maximum atomic E-state index is 5.06. The first-order valence-electron chi connectivity index (χ1n) is 15.6. The highest BCUT2D eigenvalue weighted by atomic mass is 15.0. The smallest absolute Gasteiger partial charge is 0.164 e. The minimum atomic E-state index is 0.610. The molecule has 47 heavy (non-hydrogen) atoms. The lowest BCUT2D eigenvalue weighted by atomic mass is 9.92. The third-order valence-electron chi connectivity index (χ3n) is 8.24. The average Bonchev–Trinajstić information content (AvgIpc) is 3.15. The zero-order valence-electron chi connectivity index (χ0n) is 25.7. The van der Waals surface area contributed by atoms with E-state index in [9.17, 15) is 0 Å². The minimum Gasteiger partial charge on any atom is -0.237 e. The molecule has 2 heterocycles. The maximum Gasteiger partial charge on any atom is 0.164 e. The van der Waals surface area contributed by atoms with Crippen molar-refractivity contribution in [3.05, 3.63) is 164 Å². The van der Waals surface area contributed by atoms with Crippen LogP contribution in [0.1, 0.15) is 5.69 Å². The van der Waals surface area contributed by atoms with Crippen molar-refractivity contribution in [1.29, 1.82) is 0 Å². The molecule has 0 saturated carbocycles. The molecule has 0 fully saturated rings. The minimum absolute atomic E-state index is 0.610. The van der Waals surface area contributed by atoms with Gasteiger partial charge in [-0.1, -0.05) is 121 Å². The molecule has 0 aliphatic rings. The van der Waals surface area contributed by atoms with Gasteiger partial charge < -0.3 is 0 Å². The fourth-order valence-corrected chi connectivity index (χ4v) is 5.92. The Labute approximate surface area is 273 Å². The van der Waals surface area contributed by atoms with E-state index >= 15 is 0 Å². The van der Waals surface area contributed by atoms with Gasteiger partial charge in [-0.15, -0.1) is 0 Å². The summed E-state index contributed by atoms with van der Waals surface area (Å²) in [5.74, 6) is 2.57. The van der Waals surface area contributed by atoms with Gasteiger partial charge in [0, 0.05) is 34.1 Å². The van der Waals surface area contributed by atoms with Crippen LogP contribution < -0.4 is 0 Å². The topological polar surface area (TPSA) is 64.5 Å². The van der Waals surface area contributed by atoms with Gasteiger partial charge in [-0.25, -0.2) is 24.9 Å². The van der Waals surface area contributed by atoms with Crippen LogP contribution in [0.3, 0.4) is 0 Å². The molecule has 222 valence electrons. The average molecular weight is 604 g/mol. The fourth-order valence-electron chi connectivity index (χ4n) is 5.92. The third kappa shape index (κ3) is 5.78. The molecule has 6 aromatic carbocycles. The number of aromatic nitrogens is 5. The molecule has 8 aromatic rings. The summed E-state index contributed by atoms with van der Waals surface area (Å²) in [6, 6.07) is 52.0. The van der Waals surface area contributed by atoms with Crippen molar-refractivity contribution in [3.8, 4) is 67.8 Å². The van der Waals surface area contributed by atoms with E-state index in [0.29, 0.717) is 23.3 Å². The van der Waals surface area contributed by atoms with Crippen molar-refractivity contribution in [2.24, 2.45) is 0 Å². The Morgan fingerprint density at radius 1 is 0.362 bits per heavy atom. The van der Waals surface area contributed by atoms with E-state index in [0.717, 1.165) is 50.2 Å². The van der Waals surface area contributed by atoms with Gasteiger partial charge in [0.1, 0.15) is 0 Å². The lowest BCUT2D eigenvalue weighted by Crippen LogP contribution is -2.00. The van der Waals surface area contributed by atoms with E-state index < -0.39 is 0 Å². The van der Waals surface area contributed by atoms with Crippen LogP contribution in [-0.2, 0) is 0 Å². The molecular formula is C42H29N5. The zero-order chi connectivity index (χ0) is 31.6.